The maximum absolute atomic E-state index is 11.9. The number of hydrogen-bond acceptors (Lipinski definition) is 2. The summed E-state index contributed by atoms with van der Waals surface area (Å²) in [7, 11) is 0. The van der Waals surface area contributed by atoms with E-state index in [0.29, 0.717) is 12.8 Å². The van der Waals surface area contributed by atoms with Crippen molar-refractivity contribution in [2.75, 3.05) is 11.1 Å². The molecule has 0 saturated heterocycles. The van der Waals surface area contributed by atoms with E-state index in [-0.39, 0.29) is 5.91 Å². The molecule has 0 fully saturated rings. The zero-order valence-corrected chi connectivity index (χ0v) is 11.9. The number of aryl methyl sites for hydroxylation is 3. The number of hydrogen-bond donors (Lipinski definition) is 2. The topological polar surface area (TPSA) is 55.1 Å². The molecule has 0 aliphatic heterocycles. The van der Waals surface area contributed by atoms with Gasteiger partial charge in [-0.25, -0.2) is 0 Å². The van der Waals surface area contributed by atoms with Gasteiger partial charge >= 0.3 is 0 Å². The molecule has 2 aromatic carbocycles. The molecule has 0 aliphatic carbocycles. The van der Waals surface area contributed by atoms with E-state index >= 15 is 0 Å². The van der Waals surface area contributed by atoms with E-state index in [1.165, 1.54) is 5.56 Å². The molecule has 0 saturated carbocycles. The van der Waals surface area contributed by atoms with Crippen LogP contribution in [0.25, 0.3) is 0 Å². The number of nitrogens with one attached hydrogen (secondary N) is 1. The second kappa shape index (κ2) is 6.24. The first-order chi connectivity index (χ1) is 9.54. The summed E-state index contributed by atoms with van der Waals surface area (Å²) in [6.45, 7) is 4.00. The third kappa shape index (κ3) is 3.85. The highest BCUT2D eigenvalue weighted by atomic mass is 16.1. The molecule has 3 nitrogen and oxygen atoms in total. The third-order valence-electron chi connectivity index (χ3n) is 3.32. The van der Waals surface area contributed by atoms with Gasteiger partial charge in [-0.15, -0.1) is 0 Å². The number of rotatable bonds is 4. The summed E-state index contributed by atoms with van der Waals surface area (Å²) in [5, 5.41) is 2.90. The summed E-state index contributed by atoms with van der Waals surface area (Å²) in [4.78, 5) is 11.9. The van der Waals surface area contributed by atoms with Gasteiger partial charge in [-0.3, -0.25) is 4.79 Å². The molecule has 0 aromatic heterocycles. The number of benzene rings is 2. The standard InChI is InChI=1S/C17H20N2O/c1-12-3-8-15(9-4-12)19-17(20)10-7-14-6-5-13(2)16(18)11-14/h3-6,8-9,11H,7,10,18H2,1-2H3,(H,19,20). The Morgan fingerprint density at radius 2 is 1.80 bits per heavy atom. The Bertz CT molecular complexity index is 603. The molecule has 2 aromatic rings. The molecule has 0 aliphatic rings. The van der Waals surface area contributed by atoms with E-state index in [4.69, 9.17) is 5.73 Å². The highest BCUT2D eigenvalue weighted by molar-refractivity contribution is 5.90. The van der Waals surface area contributed by atoms with Crippen molar-refractivity contribution in [2.24, 2.45) is 0 Å². The van der Waals surface area contributed by atoms with Gasteiger partial charge in [-0.2, -0.15) is 0 Å². The zero-order valence-electron chi connectivity index (χ0n) is 11.9. The molecule has 1 amide bonds. The Kier molecular flexibility index (Phi) is 4.41. The largest absolute Gasteiger partial charge is 0.399 e. The molecule has 20 heavy (non-hydrogen) atoms. The molecule has 0 bridgehead atoms. The fourth-order valence-electron chi connectivity index (χ4n) is 1.96. The van der Waals surface area contributed by atoms with Crippen molar-refractivity contribution in [3.63, 3.8) is 0 Å². The minimum absolute atomic E-state index is 0.0213. The van der Waals surface area contributed by atoms with E-state index in [9.17, 15) is 4.79 Å². The summed E-state index contributed by atoms with van der Waals surface area (Å²) in [5.41, 5.74) is 10.8. The van der Waals surface area contributed by atoms with Crippen LogP contribution < -0.4 is 11.1 Å². The normalized spacial score (nSPS) is 10.3. The highest BCUT2D eigenvalue weighted by Crippen LogP contribution is 2.15. The lowest BCUT2D eigenvalue weighted by atomic mass is 10.1. The summed E-state index contributed by atoms with van der Waals surface area (Å²) < 4.78 is 0. The molecule has 3 N–H and O–H groups in total. The van der Waals surface area contributed by atoms with Crippen LogP contribution in [0.3, 0.4) is 0 Å². The molecule has 0 spiro atoms. The van der Waals surface area contributed by atoms with Gasteiger partial charge in [0.2, 0.25) is 5.91 Å². The fraction of sp³-hybridized carbons (Fsp3) is 0.235. The predicted octanol–water partition coefficient (Wildman–Crippen LogP) is 3.46. The Labute approximate surface area is 119 Å². The van der Waals surface area contributed by atoms with Crippen molar-refractivity contribution < 1.29 is 4.79 Å². The van der Waals surface area contributed by atoms with Crippen LogP contribution in [0, 0.1) is 13.8 Å². The van der Waals surface area contributed by atoms with Crippen LogP contribution in [0.2, 0.25) is 0 Å². The van der Waals surface area contributed by atoms with Gasteiger partial charge < -0.3 is 11.1 Å². The maximum atomic E-state index is 11.9. The van der Waals surface area contributed by atoms with Crippen LogP contribution in [-0.4, -0.2) is 5.91 Å². The number of anilines is 2. The molecule has 0 heterocycles. The molecule has 2 rings (SSSR count). The average Bonchev–Trinajstić information content (AvgIpc) is 2.43. The zero-order chi connectivity index (χ0) is 14.5. The summed E-state index contributed by atoms with van der Waals surface area (Å²) >= 11 is 0. The number of amides is 1. The Morgan fingerprint density at radius 3 is 2.45 bits per heavy atom. The first-order valence-corrected chi connectivity index (χ1v) is 6.76. The second-order valence-corrected chi connectivity index (χ2v) is 5.11. The monoisotopic (exact) mass is 268 g/mol. The van der Waals surface area contributed by atoms with E-state index in [1.54, 1.807) is 0 Å². The molecule has 0 atom stereocenters. The minimum Gasteiger partial charge on any atom is -0.399 e. The average molecular weight is 268 g/mol. The Balaban J connectivity index is 1.88. The summed E-state index contributed by atoms with van der Waals surface area (Å²) in [6.07, 6.45) is 1.15. The van der Waals surface area contributed by atoms with Crippen LogP contribution in [0.1, 0.15) is 23.1 Å². The van der Waals surface area contributed by atoms with Crippen molar-refractivity contribution in [1.29, 1.82) is 0 Å². The number of nitrogens with two attached hydrogens (primary N) is 1. The van der Waals surface area contributed by atoms with Crippen LogP contribution in [-0.2, 0) is 11.2 Å². The molecule has 0 radical (unpaired) electrons. The highest BCUT2D eigenvalue weighted by Gasteiger charge is 2.04. The van der Waals surface area contributed by atoms with Gasteiger partial charge in [0.05, 0.1) is 0 Å². The second-order valence-electron chi connectivity index (χ2n) is 5.11. The van der Waals surface area contributed by atoms with Crippen LogP contribution in [0.4, 0.5) is 11.4 Å². The van der Waals surface area contributed by atoms with E-state index in [1.807, 2.05) is 56.3 Å². The molecule has 3 heteroatoms. The first-order valence-electron chi connectivity index (χ1n) is 6.76. The Hall–Kier alpha value is -2.29. The van der Waals surface area contributed by atoms with Crippen LogP contribution >= 0.6 is 0 Å². The van der Waals surface area contributed by atoms with E-state index < -0.39 is 0 Å². The molecular weight excluding hydrogens is 248 g/mol. The van der Waals surface area contributed by atoms with Gasteiger partial charge in [-0.1, -0.05) is 29.8 Å². The van der Waals surface area contributed by atoms with Crippen molar-refractivity contribution in [2.45, 2.75) is 26.7 Å². The molecular formula is C17H20N2O. The third-order valence-corrected chi connectivity index (χ3v) is 3.32. The summed E-state index contributed by atoms with van der Waals surface area (Å²) in [6, 6.07) is 13.7. The van der Waals surface area contributed by atoms with Gasteiger partial charge in [-0.05, 0) is 49.6 Å². The quantitative estimate of drug-likeness (QED) is 0.834. The van der Waals surface area contributed by atoms with Crippen LogP contribution in [0.5, 0.6) is 0 Å². The van der Waals surface area contributed by atoms with Crippen molar-refractivity contribution in [1.82, 2.24) is 0 Å². The van der Waals surface area contributed by atoms with Gasteiger partial charge in [0.15, 0.2) is 0 Å². The lowest BCUT2D eigenvalue weighted by molar-refractivity contribution is -0.116. The minimum atomic E-state index is 0.0213. The SMILES string of the molecule is Cc1ccc(NC(=O)CCc2ccc(C)c(N)c2)cc1. The fourth-order valence-corrected chi connectivity index (χ4v) is 1.96. The van der Waals surface area contributed by atoms with Crippen molar-refractivity contribution in [3.05, 3.63) is 59.2 Å². The molecule has 104 valence electrons. The lowest BCUT2D eigenvalue weighted by Crippen LogP contribution is -2.12. The molecule has 0 unspecified atom stereocenters. The van der Waals surface area contributed by atoms with Crippen molar-refractivity contribution >= 4 is 17.3 Å². The lowest BCUT2D eigenvalue weighted by Gasteiger charge is -2.07. The summed E-state index contributed by atoms with van der Waals surface area (Å²) in [5.74, 6) is 0.0213. The maximum Gasteiger partial charge on any atom is 0.224 e. The predicted molar refractivity (Wildman–Crippen MR) is 83.7 cm³/mol. The van der Waals surface area contributed by atoms with E-state index in [2.05, 4.69) is 5.32 Å². The Morgan fingerprint density at radius 1 is 1.10 bits per heavy atom. The number of carbonyl (C=O) groups is 1. The smallest absolute Gasteiger partial charge is 0.224 e. The number of nitrogen functional groups attached to an aromatic ring is 1. The van der Waals surface area contributed by atoms with Gasteiger partial charge in [0.25, 0.3) is 0 Å². The van der Waals surface area contributed by atoms with Gasteiger partial charge in [0, 0.05) is 17.8 Å². The van der Waals surface area contributed by atoms with E-state index in [0.717, 1.165) is 22.5 Å². The number of carbonyl (C=O) groups excluding carboxylic acids is 1. The van der Waals surface area contributed by atoms with Crippen molar-refractivity contribution in [3.8, 4) is 0 Å². The van der Waals surface area contributed by atoms with Gasteiger partial charge in [0.1, 0.15) is 0 Å². The van der Waals surface area contributed by atoms with Crippen LogP contribution in [0.15, 0.2) is 42.5 Å². The first kappa shape index (κ1) is 14.1.